The van der Waals surface area contributed by atoms with E-state index in [1.54, 1.807) is 0 Å². The van der Waals surface area contributed by atoms with Gasteiger partial charge < -0.3 is 23.7 Å². The summed E-state index contributed by atoms with van der Waals surface area (Å²) in [6, 6.07) is 14.9. The van der Waals surface area contributed by atoms with Crippen LogP contribution in [0.15, 0.2) is 46.9 Å². The van der Waals surface area contributed by atoms with Crippen molar-refractivity contribution in [3.63, 3.8) is 0 Å². The second kappa shape index (κ2) is 15.3. The number of nitrogens with zero attached hydrogens (tertiary/aromatic N) is 6. The first kappa shape index (κ1) is 30.9. The normalized spacial score (nSPS) is 21.7. The minimum atomic E-state index is 0.624. The van der Waals surface area contributed by atoms with Crippen LogP contribution in [-0.2, 0) is 0 Å². The van der Waals surface area contributed by atoms with Gasteiger partial charge in [0.1, 0.15) is 17.0 Å². The summed E-state index contributed by atoms with van der Waals surface area (Å²) in [6.45, 7) is 15.6. The minimum absolute atomic E-state index is 0.624. The van der Waals surface area contributed by atoms with Crippen LogP contribution in [0.25, 0.3) is 22.6 Å². The predicted octanol–water partition coefficient (Wildman–Crippen LogP) is 5.22. The summed E-state index contributed by atoms with van der Waals surface area (Å²) in [5, 5.41) is 5.11. The highest BCUT2D eigenvalue weighted by molar-refractivity contribution is 5.77. The molecule has 9 heteroatoms. The fourth-order valence-electron chi connectivity index (χ4n) is 7.62. The van der Waals surface area contributed by atoms with Crippen molar-refractivity contribution in [1.82, 2.24) is 29.7 Å². The largest absolute Gasteiger partial charge is 0.494 e. The third kappa shape index (κ3) is 8.19. The van der Waals surface area contributed by atoms with Crippen LogP contribution in [0.4, 0.5) is 0 Å². The Labute approximate surface area is 269 Å². The minimum Gasteiger partial charge on any atom is -0.494 e. The summed E-state index contributed by atoms with van der Waals surface area (Å²) >= 11 is 0. The molecule has 3 saturated heterocycles. The fraction of sp³-hybridized carbons (Fsp3) is 0.639. The Morgan fingerprint density at radius 1 is 0.644 bits per heavy atom. The summed E-state index contributed by atoms with van der Waals surface area (Å²) in [7, 11) is 0. The Kier molecular flexibility index (Phi) is 10.5. The fourth-order valence-corrected chi connectivity index (χ4v) is 7.62. The van der Waals surface area contributed by atoms with E-state index in [1.807, 2.05) is 42.5 Å². The van der Waals surface area contributed by atoms with Crippen LogP contribution in [-0.4, -0.2) is 127 Å². The highest BCUT2D eigenvalue weighted by Crippen LogP contribution is 2.29. The molecular weight excluding hydrogens is 564 g/mol. The lowest BCUT2D eigenvalue weighted by atomic mass is 10.2. The van der Waals surface area contributed by atoms with Crippen LogP contribution in [0, 0.1) is 0 Å². The first-order chi connectivity index (χ1) is 22.3. The third-order valence-electron chi connectivity index (χ3n) is 10.3. The Balaban J connectivity index is 0.805. The number of piperazine rings is 2. The van der Waals surface area contributed by atoms with Gasteiger partial charge in [-0.2, -0.15) is 0 Å². The number of benzene rings is 2. The number of oxazole rings is 1. The molecule has 4 aliphatic rings. The molecule has 1 saturated carbocycles. The molecule has 0 bridgehead atoms. The first-order valence-electron chi connectivity index (χ1n) is 17.7. The van der Waals surface area contributed by atoms with Crippen molar-refractivity contribution in [2.45, 2.75) is 57.4 Å². The lowest BCUT2D eigenvalue weighted by Gasteiger charge is -2.39. The summed E-state index contributed by atoms with van der Waals surface area (Å²) in [4.78, 5) is 12.6. The van der Waals surface area contributed by atoms with Gasteiger partial charge in [0.25, 0.3) is 0 Å². The van der Waals surface area contributed by atoms with Gasteiger partial charge in [-0.25, -0.2) is 15.0 Å². The molecule has 3 aliphatic heterocycles. The summed E-state index contributed by atoms with van der Waals surface area (Å²) in [5.41, 5.74) is 2.55. The standard InChI is InChI=1S/C36H52N6O3/c1-2-8-31(7-1)40-23-19-38(20-24-40)15-5-27-43-32-11-9-30(10-12-32)36-37-34-14-13-33(29-35(34)45-36)44-28-6-16-39-21-25-42(26-22-39)41-17-3-4-18-41/h9-14,29,31H,1-8,15-28H2. The van der Waals surface area contributed by atoms with Gasteiger partial charge >= 0.3 is 0 Å². The molecule has 4 heterocycles. The molecule has 0 spiro atoms. The Morgan fingerprint density at radius 2 is 1.24 bits per heavy atom. The summed E-state index contributed by atoms with van der Waals surface area (Å²) in [6.07, 6.45) is 10.4. The van der Waals surface area contributed by atoms with Gasteiger partial charge in [0.05, 0.1) is 13.2 Å². The molecule has 4 fully saturated rings. The highest BCUT2D eigenvalue weighted by atomic mass is 16.5. The lowest BCUT2D eigenvalue weighted by Crippen LogP contribution is -2.53. The molecule has 1 aliphatic carbocycles. The summed E-state index contributed by atoms with van der Waals surface area (Å²) < 4.78 is 18.3. The van der Waals surface area contributed by atoms with Gasteiger partial charge in [0.2, 0.25) is 5.89 Å². The van der Waals surface area contributed by atoms with Gasteiger partial charge in [-0.1, -0.05) is 12.8 Å². The molecule has 9 nitrogen and oxygen atoms in total. The maximum Gasteiger partial charge on any atom is 0.227 e. The monoisotopic (exact) mass is 616 g/mol. The average molecular weight is 617 g/mol. The molecule has 0 amide bonds. The van der Waals surface area contributed by atoms with Gasteiger partial charge in [-0.15, -0.1) is 0 Å². The molecule has 0 N–H and O–H groups in total. The zero-order valence-corrected chi connectivity index (χ0v) is 27.1. The van der Waals surface area contributed by atoms with E-state index < -0.39 is 0 Å². The molecule has 1 aromatic heterocycles. The number of hydrogen-bond donors (Lipinski definition) is 0. The van der Waals surface area contributed by atoms with E-state index >= 15 is 0 Å². The van der Waals surface area contributed by atoms with E-state index in [0.29, 0.717) is 12.5 Å². The number of hydrogen-bond acceptors (Lipinski definition) is 9. The quantitative estimate of drug-likeness (QED) is 0.241. The van der Waals surface area contributed by atoms with Crippen molar-refractivity contribution >= 4 is 11.1 Å². The highest BCUT2D eigenvalue weighted by Gasteiger charge is 2.26. The molecule has 2 aromatic carbocycles. The van der Waals surface area contributed by atoms with Crippen molar-refractivity contribution in [1.29, 1.82) is 0 Å². The SMILES string of the molecule is c1cc(-c2nc3ccc(OCCCN4CCN(N5CCCC5)CC4)cc3o2)ccc1OCCCN1CCN(C2CCCC2)CC1. The smallest absolute Gasteiger partial charge is 0.227 e. The Morgan fingerprint density at radius 3 is 1.93 bits per heavy atom. The predicted molar refractivity (Wildman–Crippen MR) is 179 cm³/mol. The van der Waals surface area contributed by atoms with E-state index in [-0.39, 0.29) is 0 Å². The molecule has 0 atom stereocenters. The van der Waals surface area contributed by atoms with Crippen LogP contribution in [0.1, 0.15) is 51.4 Å². The second-order valence-corrected chi connectivity index (χ2v) is 13.3. The zero-order chi connectivity index (χ0) is 30.3. The van der Waals surface area contributed by atoms with Crippen molar-refractivity contribution in [2.75, 3.05) is 91.8 Å². The van der Waals surface area contributed by atoms with Gasteiger partial charge in [-0.3, -0.25) is 4.90 Å². The van der Waals surface area contributed by atoms with Crippen LogP contribution < -0.4 is 9.47 Å². The Hall–Kier alpha value is -2.69. The topological polar surface area (TPSA) is 60.7 Å². The molecule has 0 radical (unpaired) electrons. The van der Waals surface area contributed by atoms with Crippen LogP contribution in [0.3, 0.4) is 0 Å². The van der Waals surface area contributed by atoms with Crippen LogP contribution in [0.5, 0.6) is 11.5 Å². The number of aromatic nitrogens is 1. The van der Waals surface area contributed by atoms with E-state index in [2.05, 4.69) is 24.7 Å². The van der Waals surface area contributed by atoms with Gasteiger partial charge in [0, 0.05) is 96.2 Å². The van der Waals surface area contributed by atoms with E-state index in [0.717, 1.165) is 92.9 Å². The van der Waals surface area contributed by atoms with E-state index in [9.17, 15) is 0 Å². The average Bonchev–Trinajstić information content (AvgIpc) is 3.89. The number of hydrazine groups is 1. The van der Waals surface area contributed by atoms with Crippen LogP contribution in [0.2, 0.25) is 0 Å². The van der Waals surface area contributed by atoms with Crippen LogP contribution >= 0.6 is 0 Å². The Bertz CT molecular complexity index is 1320. The number of ether oxygens (including phenoxy) is 2. The molecular formula is C36H52N6O3. The molecule has 244 valence electrons. The molecule has 0 unspecified atom stereocenters. The van der Waals surface area contributed by atoms with Gasteiger partial charge in [-0.05, 0) is 74.9 Å². The van der Waals surface area contributed by atoms with Crippen molar-refractivity contribution < 1.29 is 13.9 Å². The maximum absolute atomic E-state index is 6.14. The lowest BCUT2D eigenvalue weighted by molar-refractivity contribution is -0.0407. The summed E-state index contributed by atoms with van der Waals surface area (Å²) in [5.74, 6) is 2.35. The van der Waals surface area contributed by atoms with E-state index in [1.165, 1.54) is 77.8 Å². The second-order valence-electron chi connectivity index (χ2n) is 13.3. The molecule has 7 rings (SSSR count). The molecule has 45 heavy (non-hydrogen) atoms. The zero-order valence-electron chi connectivity index (χ0n) is 27.1. The third-order valence-corrected chi connectivity index (χ3v) is 10.3. The van der Waals surface area contributed by atoms with Crippen molar-refractivity contribution in [3.8, 4) is 23.0 Å². The molecule has 3 aromatic rings. The number of fused-ring (bicyclic) bond motifs is 1. The van der Waals surface area contributed by atoms with Crippen molar-refractivity contribution in [3.05, 3.63) is 42.5 Å². The van der Waals surface area contributed by atoms with E-state index in [4.69, 9.17) is 18.9 Å². The maximum atomic E-state index is 6.14. The first-order valence-corrected chi connectivity index (χ1v) is 17.7. The number of rotatable bonds is 13. The van der Waals surface area contributed by atoms with Crippen molar-refractivity contribution in [2.24, 2.45) is 0 Å². The van der Waals surface area contributed by atoms with Gasteiger partial charge in [0.15, 0.2) is 5.58 Å².